The summed E-state index contributed by atoms with van der Waals surface area (Å²) in [5.41, 5.74) is 9.63. The Morgan fingerprint density at radius 1 is 0.737 bits per heavy atom. The van der Waals surface area contributed by atoms with Gasteiger partial charge >= 0.3 is 0 Å². The molecular weight excluding hydrogens is 230 g/mol. The number of nitrogens with two attached hydrogens (primary N) is 1. The minimum absolute atomic E-state index is 0.593. The van der Waals surface area contributed by atoms with Gasteiger partial charge in [0.05, 0.1) is 0 Å². The van der Waals surface area contributed by atoms with Crippen LogP contribution in [0.4, 0.5) is 0 Å². The Balaban J connectivity index is 2.07. The third-order valence-electron chi connectivity index (χ3n) is 3.51. The van der Waals surface area contributed by atoms with Crippen LogP contribution in [0.15, 0.2) is 66.7 Å². The molecule has 1 nitrogen and oxygen atoms in total. The first-order chi connectivity index (χ1) is 9.36. The fourth-order valence-electron chi connectivity index (χ4n) is 2.48. The molecule has 0 amide bonds. The van der Waals surface area contributed by atoms with Crippen molar-refractivity contribution in [2.75, 3.05) is 0 Å². The molecule has 0 unspecified atom stereocenters. The summed E-state index contributed by atoms with van der Waals surface area (Å²) in [4.78, 5) is 0. The van der Waals surface area contributed by atoms with Crippen molar-refractivity contribution in [2.45, 2.75) is 13.0 Å². The van der Waals surface area contributed by atoms with E-state index in [0.29, 0.717) is 6.54 Å². The van der Waals surface area contributed by atoms with E-state index >= 15 is 0 Å². The van der Waals surface area contributed by atoms with Crippen LogP contribution < -0.4 is 5.73 Å². The highest BCUT2D eigenvalue weighted by molar-refractivity contribution is 5.86. The minimum Gasteiger partial charge on any atom is -0.326 e. The standard InChI is InChI=1S/C18H17N/c19-13-15-9-10-16-7-4-8-17(18(16)12-15)11-14-5-2-1-3-6-14/h1-10,12H,11,13,19H2. The Morgan fingerprint density at radius 3 is 2.37 bits per heavy atom. The molecule has 3 rings (SSSR count). The van der Waals surface area contributed by atoms with Crippen molar-refractivity contribution >= 4 is 10.8 Å². The van der Waals surface area contributed by atoms with E-state index in [1.54, 1.807) is 0 Å². The van der Waals surface area contributed by atoms with Crippen molar-refractivity contribution in [1.82, 2.24) is 0 Å². The van der Waals surface area contributed by atoms with Crippen molar-refractivity contribution in [3.63, 3.8) is 0 Å². The van der Waals surface area contributed by atoms with Gasteiger partial charge in [-0.3, -0.25) is 0 Å². The number of hydrogen-bond donors (Lipinski definition) is 1. The average molecular weight is 247 g/mol. The Bertz CT molecular complexity index is 686. The van der Waals surface area contributed by atoms with Crippen molar-refractivity contribution in [2.24, 2.45) is 5.73 Å². The lowest BCUT2D eigenvalue weighted by atomic mass is 9.97. The van der Waals surface area contributed by atoms with Gasteiger partial charge in [-0.15, -0.1) is 0 Å². The van der Waals surface area contributed by atoms with E-state index in [1.807, 2.05) is 0 Å². The molecule has 0 aliphatic rings. The molecule has 3 aromatic rings. The fourth-order valence-corrected chi connectivity index (χ4v) is 2.48. The lowest BCUT2D eigenvalue weighted by Crippen LogP contribution is -1.96. The quantitative estimate of drug-likeness (QED) is 0.746. The molecule has 0 aliphatic carbocycles. The summed E-state index contributed by atoms with van der Waals surface area (Å²) < 4.78 is 0. The normalized spacial score (nSPS) is 10.8. The molecule has 0 atom stereocenters. The van der Waals surface area contributed by atoms with E-state index in [2.05, 4.69) is 66.7 Å². The first-order valence-electron chi connectivity index (χ1n) is 6.61. The van der Waals surface area contributed by atoms with Crippen LogP contribution in [0.2, 0.25) is 0 Å². The second kappa shape index (κ2) is 5.25. The number of fused-ring (bicyclic) bond motifs is 1. The van der Waals surface area contributed by atoms with Gasteiger partial charge in [-0.05, 0) is 39.9 Å². The van der Waals surface area contributed by atoms with Crippen molar-refractivity contribution in [3.05, 3.63) is 83.4 Å². The highest BCUT2D eigenvalue weighted by Gasteiger charge is 2.03. The summed E-state index contributed by atoms with van der Waals surface area (Å²) in [6.45, 7) is 0.593. The van der Waals surface area contributed by atoms with E-state index in [0.717, 1.165) is 6.42 Å². The van der Waals surface area contributed by atoms with Crippen molar-refractivity contribution in [1.29, 1.82) is 0 Å². The van der Waals surface area contributed by atoms with E-state index in [-0.39, 0.29) is 0 Å². The van der Waals surface area contributed by atoms with Crippen LogP contribution >= 0.6 is 0 Å². The van der Waals surface area contributed by atoms with Gasteiger partial charge in [-0.2, -0.15) is 0 Å². The molecule has 0 bridgehead atoms. The van der Waals surface area contributed by atoms with Crippen LogP contribution in [0.5, 0.6) is 0 Å². The van der Waals surface area contributed by atoms with Gasteiger partial charge in [0.2, 0.25) is 0 Å². The molecule has 2 N–H and O–H groups in total. The van der Waals surface area contributed by atoms with Crippen LogP contribution in [0, 0.1) is 0 Å². The molecule has 1 heteroatoms. The SMILES string of the molecule is NCc1ccc2cccc(Cc3ccccc3)c2c1. The van der Waals surface area contributed by atoms with E-state index < -0.39 is 0 Å². The van der Waals surface area contributed by atoms with E-state index in [9.17, 15) is 0 Å². The third-order valence-corrected chi connectivity index (χ3v) is 3.51. The van der Waals surface area contributed by atoms with Gasteiger partial charge in [0.25, 0.3) is 0 Å². The lowest BCUT2D eigenvalue weighted by Gasteiger charge is -2.08. The molecule has 0 radical (unpaired) electrons. The zero-order chi connectivity index (χ0) is 13.1. The molecule has 0 aliphatic heterocycles. The first-order valence-corrected chi connectivity index (χ1v) is 6.61. The van der Waals surface area contributed by atoms with Gasteiger partial charge in [0.15, 0.2) is 0 Å². The van der Waals surface area contributed by atoms with Crippen LogP contribution in [0.25, 0.3) is 10.8 Å². The predicted octanol–water partition coefficient (Wildman–Crippen LogP) is 3.89. The van der Waals surface area contributed by atoms with Gasteiger partial charge in [0.1, 0.15) is 0 Å². The smallest absolute Gasteiger partial charge is 0.0178 e. The second-order valence-electron chi connectivity index (χ2n) is 4.84. The maximum Gasteiger partial charge on any atom is 0.0178 e. The van der Waals surface area contributed by atoms with Crippen LogP contribution in [0.3, 0.4) is 0 Å². The number of benzene rings is 3. The molecule has 0 aromatic heterocycles. The summed E-state index contributed by atoms with van der Waals surface area (Å²) in [6.07, 6.45) is 0.964. The van der Waals surface area contributed by atoms with Crippen molar-refractivity contribution in [3.8, 4) is 0 Å². The Kier molecular flexibility index (Phi) is 3.30. The summed E-state index contributed by atoms with van der Waals surface area (Å²) in [7, 11) is 0. The molecule has 19 heavy (non-hydrogen) atoms. The van der Waals surface area contributed by atoms with E-state index in [4.69, 9.17) is 5.73 Å². The molecule has 94 valence electrons. The minimum atomic E-state index is 0.593. The molecule has 0 saturated carbocycles. The van der Waals surface area contributed by atoms with Gasteiger partial charge in [0, 0.05) is 6.54 Å². The summed E-state index contributed by atoms with van der Waals surface area (Å²) >= 11 is 0. The highest BCUT2D eigenvalue weighted by atomic mass is 14.5. The monoisotopic (exact) mass is 247 g/mol. The van der Waals surface area contributed by atoms with Crippen LogP contribution in [-0.2, 0) is 13.0 Å². The maximum atomic E-state index is 5.74. The topological polar surface area (TPSA) is 26.0 Å². The fraction of sp³-hybridized carbons (Fsp3) is 0.111. The molecular formula is C18H17N. The highest BCUT2D eigenvalue weighted by Crippen LogP contribution is 2.22. The zero-order valence-corrected chi connectivity index (χ0v) is 10.8. The second-order valence-corrected chi connectivity index (χ2v) is 4.84. The molecule has 0 saturated heterocycles. The van der Waals surface area contributed by atoms with Crippen LogP contribution in [-0.4, -0.2) is 0 Å². The van der Waals surface area contributed by atoms with Crippen molar-refractivity contribution < 1.29 is 0 Å². The number of hydrogen-bond acceptors (Lipinski definition) is 1. The number of rotatable bonds is 3. The Hall–Kier alpha value is -2.12. The Morgan fingerprint density at radius 2 is 1.58 bits per heavy atom. The molecule has 0 heterocycles. The Labute approximate surface area is 113 Å². The molecule has 0 fully saturated rings. The molecule has 3 aromatic carbocycles. The van der Waals surface area contributed by atoms with Gasteiger partial charge < -0.3 is 5.73 Å². The summed E-state index contributed by atoms with van der Waals surface area (Å²) in [5.74, 6) is 0. The van der Waals surface area contributed by atoms with Gasteiger partial charge in [-0.25, -0.2) is 0 Å². The largest absolute Gasteiger partial charge is 0.326 e. The van der Waals surface area contributed by atoms with Gasteiger partial charge in [-0.1, -0.05) is 60.7 Å². The first kappa shape index (κ1) is 11.9. The predicted molar refractivity (Wildman–Crippen MR) is 81.1 cm³/mol. The summed E-state index contributed by atoms with van der Waals surface area (Å²) in [5, 5.41) is 2.60. The van der Waals surface area contributed by atoms with E-state index in [1.165, 1.54) is 27.5 Å². The zero-order valence-electron chi connectivity index (χ0n) is 10.8. The van der Waals surface area contributed by atoms with Crippen LogP contribution in [0.1, 0.15) is 16.7 Å². The third kappa shape index (κ3) is 2.51. The average Bonchev–Trinajstić information content (AvgIpc) is 2.48. The summed E-state index contributed by atoms with van der Waals surface area (Å²) in [6, 6.07) is 23.5. The lowest BCUT2D eigenvalue weighted by molar-refractivity contribution is 1.07. The maximum absolute atomic E-state index is 5.74. The molecule has 0 spiro atoms.